The Kier molecular flexibility index (Phi) is 10.1. The maximum Gasteiger partial charge on any atom is 0.344 e. The zero-order valence-electron chi connectivity index (χ0n) is 15.3. The summed E-state index contributed by atoms with van der Waals surface area (Å²) >= 11 is 0. The van der Waals surface area contributed by atoms with Crippen LogP contribution in [-0.2, 0) is 28.7 Å². The molecule has 1 aromatic carbocycles. The topological polar surface area (TPSA) is 170 Å². The van der Waals surface area contributed by atoms with E-state index in [4.69, 9.17) is 14.2 Å². The van der Waals surface area contributed by atoms with Gasteiger partial charge in [0.05, 0.1) is 0 Å². The van der Waals surface area contributed by atoms with Gasteiger partial charge in [0.2, 0.25) is 6.79 Å². The molecule has 0 saturated heterocycles. The molecule has 0 amide bonds. The Morgan fingerprint density at radius 2 is 1.93 bits per heavy atom. The van der Waals surface area contributed by atoms with E-state index in [0.717, 1.165) is 0 Å². The fourth-order valence-electron chi connectivity index (χ4n) is 2.05. The minimum absolute atomic E-state index is 0.000177. The lowest BCUT2D eigenvalue weighted by Crippen LogP contribution is -2.22. The normalized spacial score (nSPS) is 10.9. The first-order valence-corrected chi connectivity index (χ1v) is 8.19. The van der Waals surface area contributed by atoms with Crippen LogP contribution in [0.4, 0.5) is 0 Å². The van der Waals surface area contributed by atoms with Crippen molar-refractivity contribution in [3.63, 3.8) is 0 Å². The third-order valence-corrected chi connectivity index (χ3v) is 3.23. The number of rotatable bonds is 13. The van der Waals surface area contributed by atoms with Crippen LogP contribution in [-0.4, -0.2) is 42.5 Å². The maximum atomic E-state index is 12.0. The smallest absolute Gasteiger partial charge is 0.344 e. The first kappa shape index (κ1) is 23.3. The molecule has 0 heterocycles. The molecule has 0 fully saturated rings. The van der Waals surface area contributed by atoms with Crippen LogP contribution >= 0.6 is 0 Å². The average Bonchev–Trinajstić information content (AvgIpc) is 2.65. The van der Waals surface area contributed by atoms with Gasteiger partial charge in [0, 0.05) is 13.3 Å². The molecule has 0 radical (unpaired) electrons. The number of hydrogen-bond acceptors (Lipinski definition) is 12. The molecule has 0 bridgehead atoms. The SMILES string of the molecule is CC(=O)Oc1ccccc1C(=O)OCOC(=O)CCCC(CON=O)O[N+](=O)[O-]. The van der Waals surface area contributed by atoms with Crippen molar-refractivity contribution >= 4 is 17.9 Å². The molecule has 158 valence electrons. The van der Waals surface area contributed by atoms with Gasteiger partial charge in [-0.1, -0.05) is 12.1 Å². The van der Waals surface area contributed by atoms with Crippen molar-refractivity contribution in [3.05, 3.63) is 44.9 Å². The fourth-order valence-corrected chi connectivity index (χ4v) is 2.05. The van der Waals surface area contributed by atoms with Crippen LogP contribution in [0.5, 0.6) is 5.75 Å². The summed E-state index contributed by atoms with van der Waals surface area (Å²) in [5.41, 5.74) is -0.0256. The summed E-state index contributed by atoms with van der Waals surface area (Å²) in [5, 5.41) is 11.4. The van der Waals surface area contributed by atoms with E-state index in [1.807, 2.05) is 0 Å². The van der Waals surface area contributed by atoms with E-state index < -0.39 is 42.5 Å². The molecule has 1 unspecified atom stereocenters. The van der Waals surface area contributed by atoms with Crippen molar-refractivity contribution in [1.82, 2.24) is 0 Å². The van der Waals surface area contributed by atoms with E-state index in [1.54, 1.807) is 6.07 Å². The number of para-hydroxylation sites is 1. The number of esters is 3. The lowest BCUT2D eigenvalue weighted by atomic mass is 10.1. The van der Waals surface area contributed by atoms with Crippen LogP contribution in [0.25, 0.3) is 0 Å². The van der Waals surface area contributed by atoms with Crippen molar-refractivity contribution in [1.29, 1.82) is 0 Å². The van der Waals surface area contributed by atoms with Gasteiger partial charge < -0.3 is 23.9 Å². The average molecular weight is 414 g/mol. The number of benzene rings is 1. The van der Waals surface area contributed by atoms with Gasteiger partial charge in [-0.25, -0.2) is 4.79 Å². The van der Waals surface area contributed by atoms with Gasteiger partial charge in [-0.3, -0.25) is 9.59 Å². The standard InChI is InChI=1S/C16H18N2O11/c1-11(19)28-14-7-3-2-6-13(14)16(21)26-10-25-15(20)8-4-5-12(9-27-17-22)29-18(23)24/h2-3,6-7,12H,4-5,8-10H2,1H3. The molecule has 0 saturated carbocycles. The molecule has 1 rings (SSSR count). The van der Waals surface area contributed by atoms with Gasteiger partial charge in [-0.2, -0.15) is 0 Å². The summed E-state index contributed by atoms with van der Waals surface area (Å²) in [7, 11) is 0. The Morgan fingerprint density at radius 3 is 2.59 bits per heavy atom. The summed E-state index contributed by atoms with van der Waals surface area (Å²) in [6.45, 7) is 0.0463. The van der Waals surface area contributed by atoms with E-state index in [1.165, 1.54) is 25.1 Å². The Morgan fingerprint density at radius 1 is 1.21 bits per heavy atom. The van der Waals surface area contributed by atoms with Crippen molar-refractivity contribution in [2.45, 2.75) is 32.3 Å². The van der Waals surface area contributed by atoms with Gasteiger partial charge in [0.15, 0.2) is 5.34 Å². The van der Waals surface area contributed by atoms with E-state index in [9.17, 15) is 29.4 Å². The fraction of sp³-hybridized carbons (Fsp3) is 0.438. The van der Waals surface area contributed by atoms with Gasteiger partial charge in [-0.15, -0.1) is 15.0 Å². The highest BCUT2D eigenvalue weighted by Gasteiger charge is 2.17. The van der Waals surface area contributed by atoms with Crippen LogP contribution in [0.2, 0.25) is 0 Å². The van der Waals surface area contributed by atoms with Crippen LogP contribution < -0.4 is 4.74 Å². The predicted molar refractivity (Wildman–Crippen MR) is 91.6 cm³/mol. The van der Waals surface area contributed by atoms with Crippen LogP contribution in [0.1, 0.15) is 36.5 Å². The number of carbonyl (C=O) groups excluding carboxylic acids is 3. The quantitative estimate of drug-likeness (QED) is 0.115. The number of carbonyl (C=O) groups is 3. The Bertz CT molecular complexity index is 737. The second-order valence-corrected chi connectivity index (χ2v) is 5.37. The lowest BCUT2D eigenvalue weighted by Gasteiger charge is -2.12. The summed E-state index contributed by atoms with van der Waals surface area (Å²) in [6.07, 6.45) is -1.11. The van der Waals surface area contributed by atoms with Crippen molar-refractivity contribution in [3.8, 4) is 5.75 Å². The third-order valence-electron chi connectivity index (χ3n) is 3.23. The first-order chi connectivity index (χ1) is 13.8. The van der Waals surface area contributed by atoms with Gasteiger partial charge >= 0.3 is 17.9 Å². The lowest BCUT2D eigenvalue weighted by molar-refractivity contribution is -0.769. The first-order valence-electron chi connectivity index (χ1n) is 8.19. The Hall–Kier alpha value is -3.77. The molecule has 13 heteroatoms. The van der Waals surface area contributed by atoms with Crippen molar-refractivity contribution in [2.75, 3.05) is 13.4 Å². The Balaban J connectivity index is 2.38. The molecule has 0 aliphatic heterocycles. The summed E-state index contributed by atoms with van der Waals surface area (Å²) in [5.74, 6) is -2.22. The highest BCUT2D eigenvalue weighted by atomic mass is 17.0. The molecule has 1 aromatic rings. The molecule has 0 aromatic heterocycles. The molecule has 0 aliphatic rings. The zero-order chi connectivity index (χ0) is 21.6. The minimum Gasteiger partial charge on any atom is -0.428 e. The van der Waals surface area contributed by atoms with Gasteiger partial charge in [0.25, 0.3) is 5.09 Å². The minimum atomic E-state index is -1.08. The molecular weight excluding hydrogens is 396 g/mol. The van der Waals surface area contributed by atoms with Crippen molar-refractivity contribution in [2.24, 2.45) is 5.34 Å². The van der Waals surface area contributed by atoms with E-state index in [0.29, 0.717) is 0 Å². The predicted octanol–water partition coefficient (Wildman–Crippen LogP) is 1.71. The second kappa shape index (κ2) is 12.6. The third kappa shape index (κ3) is 9.65. The maximum absolute atomic E-state index is 12.0. The molecule has 0 spiro atoms. The Labute approximate surface area is 163 Å². The second-order valence-electron chi connectivity index (χ2n) is 5.37. The monoisotopic (exact) mass is 414 g/mol. The molecule has 0 N–H and O–H groups in total. The van der Waals surface area contributed by atoms with Crippen LogP contribution in [0.15, 0.2) is 29.6 Å². The highest BCUT2D eigenvalue weighted by Crippen LogP contribution is 2.19. The summed E-state index contributed by atoms with van der Waals surface area (Å²) in [6, 6.07) is 5.86. The largest absolute Gasteiger partial charge is 0.428 e. The molecule has 0 aliphatic carbocycles. The van der Waals surface area contributed by atoms with E-state index in [2.05, 4.69) is 15.0 Å². The molecule has 29 heavy (non-hydrogen) atoms. The number of hydrogen-bond donors (Lipinski definition) is 0. The number of ether oxygens (including phenoxy) is 3. The van der Waals surface area contributed by atoms with Crippen LogP contribution in [0.3, 0.4) is 0 Å². The van der Waals surface area contributed by atoms with E-state index >= 15 is 0 Å². The highest BCUT2D eigenvalue weighted by molar-refractivity contribution is 5.93. The van der Waals surface area contributed by atoms with Gasteiger partial charge in [-0.05, 0) is 25.0 Å². The summed E-state index contributed by atoms with van der Waals surface area (Å²) < 4.78 is 14.4. The van der Waals surface area contributed by atoms with Gasteiger partial charge in [0.1, 0.15) is 24.0 Å². The molecule has 13 nitrogen and oxygen atoms in total. The summed E-state index contributed by atoms with van der Waals surface area (Å²) in [4.78, 5) is 63.3. The van der Waals surface area contributed by atoms with E-state index in [-0.39, 0.29) is 30.6 Å². The number of nitrogens with zero attached hydrogens (tertiary/aromatic N) is 2. The molecule has 1 atom stereocenters. The van der Waals surface area contributed by atoms with Crippen LogP contribution in [0, 0.1) is 15.0 Å². The van der Waals surface area contributed by atoms with Crippen molar-refractivity contribution < 1.29 is 43.4 Å². The molecular formula is C16H18N2O11. The zero-order valence-corrected chi connectivity index (χ0v) is 15.3.